The van der Waals surface area contributed by atoms with Gasteiger partial charge in [0.05, 0.1) is 12.1 Å². The molecule has 0 saturated heterocycles. The Morgan fingerprint density at radius 2 is 1.69 bits per heavy atom. The normalized spacial score (nSPS) is 19.1. The van der Waals surface area contributed by atoms with E-state index in [9.17, 15) is 24.2 Å². The molecule has 198 valence electrons. The van der Waals surface area contributed by atoms with Gasteiger partial charge in [0.2, 0.25) is 11.8 Å². The van der Waals surface area contributed by atoms with Gasteiger partial charge in [-0.1, -0.05) is 65.2 Å². The monoisotopic (exact) mass is 509 g/mol. The van der Waals surface area contributed by atoms with Crippen molar-refractivity contribution in [3.63, 3.8) is 0 Å². The SMILES string of the molecule is CC(C)[C@@H](C(=O)NC[C@H](O)CC(C1CCCCC1)[PH](=O)O)N(C(=O)[C@H](N)C(C)C)c1ccccc1. The Labute approximate surface area is 210 Å². The van der Waals surface area contributed by atoms with Gasteiger partial charge in [-0.15, -0.1) is 0 Å². The number of carbonyl (C=O) groups is 2. The van der Waals surface area contributed by atoms with Crippen molar-refractivity contribution in [3.05, 3.63) is 30.3 Å². The predicted octanol–water partition coefficient (Wildman–Crippen LogP) is 3.31. The van der Waals surface area contributed by atoms with E-state index in [0.717, 1.165) is 32.1 Å². The molecule has 1 aliphatic rings. The number of amides is 2. The Hall–Kier alpha value is -1.73. The van der Waals surface area contributed by atoms with Crippen molar-refractivity contribution < 1.29 is 24.2 Å². The zero-order valence-corrected chi connectivity index (χ0v) is 22.5. The van der Waals surface area contributed by atoms with Crippen LogP contribution in [0.25, 0.3) is 0 Å². The molecular weight excluding hydrogens is 465 g/mol. The fraction of sp³-hybridized carbons (Fsp3) is 0.692. The first-order valence-corrected chi connectivity index (χ1v) is 14.3. The summed E-state index contributed by atoms with van der Waals surface area (Å²) in [7, 11) is -2.80. The number of hydrogen-bond donors (Lipinski definition) is 4. The molecule has 0 aliphatic heterocycles. The summed E-state index contributed by atoms with van der Waals surface area (Å²) in [6.07, 6.45) is 4.26. The molecule has 1 aromatic carbocycles. The maximum atomic E-state index is 13.4. The van der Waals surface area contributed by atoms with Crippen molar-refractivity contribution >= 4 is 25.5 Å². The lowest BCUT2D eigenvalue weighted by atomic mass is 9.85. The van der Waals surface area contributed by atoms with Crippen molar-refractivity contribution in [1.29, 1.82) is 0 Å². The zero-order valence-electron chi connectivity index (χ0n) is 21.5. The number of rotatable bonds is 12. The minimum absolute atomic E-state index is 0.0481. The van der Waals surface area contributed by atoms with Gasteiger partial charge in [0.1, 0.15) is 6.04 Å². The van der Waals surface area contributed by atoms with Gasteiger partial charge >= 0.3 is 0 Å². The lowest BCUT2D eigenvalue weighted by molar-refractivity contribution is -0.128. The van der Waals surface area contributed by atoms with Crippen LogP contribution < -0.4 is 16.0 Å². The summed E-state index contributed by atoms with van der Waals surface area (Å²) in [5, 5.41) is 13.4. The third kappa shape index (κ3) is 8.42. The van der Waals surface area contributed by atoms with Crippen molar-refractivity contribution in [2.45, 2.75) is 90.1 Å². The molecule has 0 bridgehead atoms. The van der Waals surface area contributed by atoms with Gasteiger partial charge in [-0.2, -0.15) is 0 Å². The molecule has 0 aromatic heterocycles. The van der Waals surface area contributed by atoms with Crippen LogP contribution in [0.15, 0.2) is 30.3 Å². The van der Waals surface area contributed by atoms with Gasteiger partial charge in [0.15, 0.2) is 8.03 Å². The van der Waals surface area contributed by atoms with Gasteiger partial charge in [0, 0.05) is 17.9 Å². The molecule has 0 radical (unpaired) electrons. The molecule has 1 fully saturated rings. The first kappa shape index (κ1) is 29.5. The Bertz CT molecular complexity index is 830. The topological polar surface area (TPSA) is 133 Å². The Morgan fingerprint density at radius 3 is 2.20 bits per heavy atom. The molecule has 5 N–H and O–H groups in total. The summed E-state index contributed by atoms with van der Waals surface area (Å²) in [5.74, 6) is -0.920. The highest BCUT2D eigenvalue weighted by atomic mass is 31.1. The maximum Gasteiger partial charge on any atom is 0.244 e. The molecule has 5 atom stereocenters. The third-order valence-electron chi connectivity index (χ3n) is 7.03. The Kier molecular flexibility index (Phi) is 11.9. The first-order valence-electron chi connectivity index (χ1n) is 12.9. The lowest BCUT2D eigenvalue weighted by Gasteiger charge is -2.36. The number of hydrogen-bond acceptors (Lipinski definition) is 5. The largest absolute Gasteiger partial charge is 0.391 e. The Morgan fingerprint density at radius 1 is 1.09 bits per heavy atom. The van der Waals surface area contributed by atoms with E-state index in [-0.39, 0.29) is 36.6 Å². The molecule has 9 heteroatoms. The molecule has 2 rings (SSSR count). The second-order valence-corrected chi connectivity index (χ2v) is 11.9. The van der Waals surface area contributed by atoms with E-state index in [2.05, 4.69) is 5.32 Å². The van der Waals surface area contributed by atoms with Gasteiger partial charge in [-0.3, -0.25) is 19.1 Å². The summed E-state index contributed by atoms with van der Waals surface area (Å²) in [6, 6.07) is 7.40. The second-order valence-electron chi connectivity index (χ2n) is 10.5. The fourth-order valence-corrected chi connectivity index (χ4v) is 6.12. The van der Waals surface area contributed by atoms with Crippen LogP contribution in [0.1, 0.15) is 66.2 Å². The molecule has 1 aliphatic carbocycles. The molecule has 0 heterocycles. The molecular formula is C26H44N3O5P. The smallest absolute Gasteiger partial charge is 0.244 e. The molecule has 2 unspecified atom stereocenters. The number of nitrogens with two attached hydrogens (primary N) is 1. The van der Waals surface area contributed by atoms with Crippen LogP contribution in [0, 0.1) is 17.8 Å². The van der Waals surface area contributed by atoms with Crippen molar-refractivity contribution in [2.24, 2.45) is 23.5 Å². The van der Waals surface area contributed by atoms with Crippen molar-refractivity contribution in [3.8, 4) is 0 Å². The summed E-state index contributed by atoms with van der Waals surface area (Å²) >= 11 is 0. The number of benzene rings is 1. The predicted molar refractivity (Wildman–Crippen MR) is 141 cm³/mol. The van der Waals surface area contributed by atoms with Crippen LogP contribution >= 0.6 is 8.03 Å². The number of nitrogens with zero attached hydrogens (tertiary/aromatic N) is 1. The highest BCUT2D eigenvalue weighted by Crippen LogP contribution is 2.40. The summed E-state index contributed by atoms with van der Waals surface area (Å²) < 4.78 is 12.0. The number of carbonyl (C=O) groups excluding carboxylic acids is 2. The fourth-order valence-electron chi connectivity index (χ4n) is 4.91. The third-order valence-corrected chi connectivity index (χ3v) is 8.37. The average molecular weight is 510 g/mol. The van der Waals surface area contributed by atoms with Crippen LogP contribution in [0.4, 0.5) is 5.69 Å². The van der Waals surface area contributed by atoms with Crippen molar-refractivity contribution in [2.75, 3.05) is 11.4 Å². The van der Waals surface area contributed by atoms with E-state index >= 15 is 0 Å². The van der Waals surface area contributed by atoms with E-state index in [4.69, 9.17) is 5.73 Å². The number of nitrogens with one attached hydrogen (secondary N) is 1. The van der Waals surface area contributed by atoms with E-state index in [0.29, 0.717) is 5.69 Å². The van der Waals surface area contributed by atoms with Crippen LogP contribution in [0.2, 0.25) is 0 Å². The second kappa shape index (κ2) is 14.1. The molecule has 35 heavy (non-hydrogen) atoms. The maximum absolute atomic E-state index is 13.4. The van der Waals surface area contributed by atoms with E-state index in [1.165, 1.54) is 4.90 Å². The quantitative estimate of drug-likeness (QED) is 0.320. The molecule has 1 aromatic rings. The number of aliphatic hydroxyl groups excluding tert-OH is 1. The van der Waals surface area contributed by atoms with Crippen LogP contribution in [-0.2, 0) is 14.2 Å². The van der Waals surface area contributed by atoms with E-state index < -0.39 is 37.8 Å². The zero-order chi connectivity index (χ0) is 26.1. The standard InChI is InChI=1S/C26H44N3O5P/c1-17(2)23(27)26(32)29(20-13-9-6-10-14-20)24(18(3)4)25(31)28-16-21(30)15-22(35(33)34)19-11-7-5-8-12-19/h6,9-10,13-14,17-19,21-24,30,35H,5,7-8,11-12,15-16,27H2,1-4H3,(H,28,31)(H,33,34)/t21-,22?,23-,24+/m1/s1. The highest BCUT2D eigenvalue weighted by molar-refractivity contribution is 7.38. The molecule has 1 saturated carbocycles. The average Bonchev–Trinajstić information content (AvgIpc) is 2.83. The van der Waals surface area contributed by atoms with Crippen LogP contribution in [0.5, 0.6) is 0 Å². The summed E-state index contributed by atoms with van der Waals surface area (Å²) in [5.41, 5.74) is 6.34. The minimum Gasteiger partial charge on any atom is -0.391 e. The van der Waals surface area contributed by atoms with Gasteiger partial charge in [-0.05, 0) is 49.1 Å². The van der Waals surface area contributed by atoms with Gasteiger partial charge in [-0.25, -0.2) is 0 Å². The minimum atomic E-state index is -2.80. The molecule has 2 amide bonds. The lowest BCUT2D eigenvalue weighted by Crippen LogP contribution is -2.58. The first-order chi connectivity index (χ1) is 16.5. The Balaban J connectivity index is 2.15. The van der Waals surface area contributed by atoms with Gasteiger partial charge in [0.25, 0.3) is 0 Å². The number of anilines is 1. The van der Waals surface area contributed by atoms with Gasteiger partial charge < -0.3 is 21.1 Å². The molecule has 8 nitrogen and oxygen atoms in total. The number of para-hydroxylation sites is 1. The van der Waals surface area contributed by atoms with Crippen molar-refractivity contribution in [1.82, 2.24) is 5.32 Å². The van der Waals surface area contributed by atoms with E-state index in [1.54, 1.807) is 24.3 Å². The summed E-state index contributed by atoms with van der Waals surface area (Å²) in [6.45, 7) is 7.40. The molecule has 0 spiro atoms. The van der Waals surface area contributed by atoms with Crippen LogP contribution in [-0.4, -0.2) is 52.2 Å². The highest BCUT2D eigenvalue weighted by Gasteiger charge is 2.37. The summed E-state index contributed by atoms with van der Waals surface area (Å²) in [4.78, 5) is 38.1. The van der Waals surface area contributed by atoms with E-state index in [1.807, 2.05) is 33.8 Å². The van der Waals surface area contributed by atoms with Crippen LogP contribution in [0.3, 0.4) is 0 Å². The number of aliphatic hydroxyl groups is 1.